The van der Waals surface area contributed by atoms with Gasteiger partial charge in [-0.05, 0) is 30.7 Å². The third-order valence-electron chi connectivity index (χ3n) is 2.27. The average Bonchev–Trinajstić information content (AvgIpc) is 2.29. The van der Waals surface area contributed by atoms with Gasteiger partial charge >= 0.3 is 0 Å². The van der Waals surface area contributed by atoms with E-state index in [0.717, 1.165) is 18.4 Å². The third kappa shape index (κ3) is 6.04. The SMILES string of the molecule is CS(=O)(=O)NCCCNCc1cc(F)c(F)c(F)c1. The van der Waals surface area contributed by atoms with E-state index in [4.69, 9.17) is 0 Å². The quantitative estimate of drug-likeness (QED) is 0.586. The van der Waals surface area contributed by atoms with Crippen molar-refractivity contribution in [2.75, 3.05) is 19.3 Å². The standard InChI is InChI=1S/C11H15F3N2O2S/c1-19(17,18)16-4-2-3-15-7-8-5-9(12)11(14)10(13)6-8/h5-6,15-16H,2-4,7H2,1H3. The first kappa shape index (κ1) is 15.9. The molecular formula is C11H15F3N2O2S. The van der Waals surface area contributed by atoms with Gasteiger partial charge in [-0.3, -0.25) is 0 Å². The van der Waals surface area contributed by atoms with Gasteiger partial charge in [-0.2, -0.15) is 0 Å². The Morgan fingerprint density at radius 3 is 2.21 bits per heavy atom. The highest BCUT2D eigenvalue weighted by Gasteiger charge is 2.09. The lowest BCUT2D eigenvalue weighted by Gasteiger charge is -2.06. The Labute approximate surface area is 110 Å². The number of rotatable bonds is 7. The van der Waals surface area contributed by atoms with Gasteiger partial charge in [0.2, 0.25) is 10.0 Å². The van der Waals surface area contributed by atoms with Crippen molar-refractivity contribution < 1.29 is 21.6 Å². The van der Waals surface area contributed by atoms with Gasteiger partial charge in [0, 0.05) is 13.1 Å². The molecule has 0 spiro atoms. The summed E-state index contributed by atoms with van der Waals surface area (Å²) in [4.78, 5) is 0. The summed E-state index contributed by atoms with van der Waals surface area (Å²) >= 11 is 0. The van der Waals surface area contributed by atoms with Gasteiger partial charge in [0.25, 0.3) is 0 Å². The van der Waals surface area contributed by atoms with E-state index < -0.39 is 27.5 Å². The van der Waals surface area contributed by atoms with Crippen molar-refractivity contribution in [3.63, 3.8) is 0 Å². The highest BCUT2D eigenvalue weighted by Crippen LogP contribution is 2.13. The minimum Gasteiger partial charge on any atom is -0.313 e. The zero-order valence-corrected chi connectivity index (χ0v) is 11.2. The maximum absolute atomic E-state index is 12.9. The molecule has 19 heavy (non-hydrogen) atoms. The second-order valence-electron chi connectivity index (χ2n) is 4.07. The van der Waals surface area contributed by atoms with Crippen molar-refractivity contribution in [1.29, 1.82) is 0 Å². The molecule has 4 nitrogen and oxygen atoms in total. The van der Waals surface area contributed by atoms with Crippen LogP contribution < -0.4 is 10.0 Å². The first-order valence-electron chi connectivity index (χ1n) is 5.58. The minimum absolute atomic E-state index is 0.174. The van der Waals surface area contributed by atoms with E-state index in [-0.39, 0.29) is 18.7 Å². The van der Waals surface area contributed by atoms with Crippen molar-refractivity contribution in [1.82, 2.24) is 10.0 Å². The number of benzene rings is 1. The molecule has 0 fully saturated rings. The summed E-state index contributed by atoms with van der Waals surface area (Å²) in [7, 11) is -3.20. The number of hydrogen-bond donors (Lipinski definition) is 2. The Morgan fingerprint density at radius 1 is 1.11 bits per heavy atom. The van der Waals surface area contributed by atoms with Crippen molar-refractivity contribution in [2.24, 2.45) is 0 Å². The molecule has 0 saturated carbocycles. The number of sulfonamides is 1. The fourth-order valence-corrected chi connectivity index (χ4v) is 1.93. The van der Waals surface area contributed by atoms with Crippen molar-refractivity contribution in [2.45, 2.75) is 13.0 Å². The maximum atomic E-state index is 12.9. The van der Waals surface area contributed by atoms with Crippen LogP contribution in [0.25, 0.3) is 0 Å². The summed E-state index contributed by atoms with van der Waals surface area (Å²) in [6.07, 6.45) is 1.59. The van der Waals surface area contributed by atoms with Crippen LogP contribution in [0.15, 0.2) is 12.1 Å². The summed E-state index contributed by atoms with van der Waals surface area (Å²) in [5, 5.41) is 2.87. The largest absolute Gasteiger partial charge is 0.313 e. The van der Waals surface area contributed by atoms with Crippen LogP contribution >= 0.6 is 0 Å². The fourth-order valence-electron chi connectivity index (χ4n) is 1.41. The van der Waals surface area contributed by atoms with Gasteiger partial charge in [0.05, 0.1) is 6.26 Å². The van der Waals surface area contributed by atoms with E-state index in [1.54, 1.807) is 0 Å². The molecule has 0 aliphatic carbocycles. The third-order valence-corrected chi connectivity index (χ3v) is 3.00. The monoisotopic (exact) mass is 296 g/mol. The Hall–Kier alpha value is -1.12. The maximum Gasteiger partial charge on any atom is 0.208 e. The minimum atomic E-state index is -3.20. The highest BCUT2D eigenvalue weighted by molar-refractivity contribution is 7.88. The molecule has 0 radical (unpaired) electrons. The predicted molar refractivity (Wildman–Crippen MR) is 65.5 cm³/mol. The molecule has 1 aromatic rings. The second kappa shape index (κ2) is 6.88. The average molecular weight is 296 g/mol. The Balaban J connectivity index is 2.30. The number of hydrogen-bond acceptors (Lipinski definition) is 3. The van der Waals surface area contributed by atoms with E-state index in [9.17, 15) is 21.6 Å². The molecule has 0 aromatic heterocycles. The van der Waals surface area contributed by atoms with E-state index >= 15 is 0 Å². The van der Waals surface area contributed by atoms with Crippen molar-refractivity contribution >= 4 is 10.0 Å². The van der Waals surface area contributed by atoms with Crippen LogP contribution in [-0.2, 0) is 16.6 Å². The molecule has 8 heteroatoms. The Morgan fingerprint density at radius 2 is 1.68 bits per heavy atom. The van der Waals surface area contributed by atoms with Gasteiger partial charge in [0.15, 0.2) is 17.5 Å². The molecule has 0 heterocycles. The molecule has 0 unspecified atom stereocenters. The van der Waals surface area contributed by atoms with Crippen LogP contribution in [0.5, 0.6) is 0 Å². The van der Waals surface area contributed by atoms with Crippen LogP contribution in [0.1, 0.15) is 12.0 Å². The van der Waals surface area contributed by atoms with Crippen LogP contribution in [-0.4, -0.2) is 27.8 Å². The molecule has 1 rings (SSSR count). The Bertz CT molecular complexity index is 512. The Kier molecular flexibility index (Phi) is 5.77. The van der Waals surface area contributed by atoms with Crippen LogP contribution in [0.4, 0.5) is 13.2 Å². The molecule has 1 aromatic carbocycles. The van der Waals surface area contributed by atoms with Gasteiger partial charge in [0.1, 0.15) is 0 Å². The van der Waals surface area contributed by atoms with Gasteiger partial charge < -0.3 is 5.32 Å². The molecule has 0 aliphatic rings. The van der Waals surface area contributed by atoms with Crippen LogP contribution in [0.3, 0.4) is 0 Å². The number of nitrogens with one attached hydrogen (secondary N) is 2. The van der Waals surface area contributed by atoms with Gasteiger partial charge in [-0.25, -0.2) is 26.3 Å². The lowest BCUT2D eigenvalue weighted by Crippen LogP contribution is -2.26. The molecule has 0 bridgehead atoms. The molecule has 0 amide bonds. The lowest BCUT2D eigenvalue weighted by molar-refractivity contribution is 0.444. The normalized spacial score (nSPS) is 11.8. The molecule has 108 valence electrons. The summed E-state index contributed by atoms with van der Waals surface area (Å²) in [6, 6.07) is 1.83. The zero-order valence-electron chi connectivity index (χ0n) is 10.3. The molecule has 0 atom stereocenters. The first-order valence-corrected chi connectivity index (χ1v) is 7.47. The summed E-state index contributed by atoms with van der Waals surface area (Å²) < 4.78 is 62.2. The first-order chi connectivity index (χ1) is 8.79. The van der Waals surface area contributed by atoms with E-state index in [1.807, 2.05) is 0 Å². The molecule has 0 aliphatic heterocycles. The smallest absolute Gasteiger partial charge is 0.208 e. The number of halogens is 3. The van der Waals surface area contributed by atoms with Crippen LogP contribution in [0, 0.1) is 17.5 Å². The summed E-state index contributed by atoms with van der Waals surface area (Å²) in [6.45, 7) is 0.911. The zero-order chi connectivity index (χ0) is 14.5. The molecule has 0 saturated heterocycles. The molecule has 2 N–H and O–H groups in total. The van der Waals surface area contributed by atoms with Gasteiger partial charge in [-0.1, -0.05) is 0 Å². The summed E-state index contributed by atoms with van der Waals surface area (Å²) in [5.74, 6) is -3.94. The topological polar surface area (TPSA) is 58.2 Å². The van der Waals surface area contributed by atoms with E-state index in [1.165, 1.54) is 0 Å². The molecular weight excluding hydrogens is 281 g/mol. The predicted octanol–water partition coefficient (Wildman–Crippen LogP) is 1.13. The lowest BCUT2D eigenvalue weighted by atomic mass is 10.2. The van der Waals surface area contributed by atoms with E-state index in [0.29, 0.717) is 13.0 Å². The second-order valence-corrected chi connectivity index (χ2v) is 5.90. The van der Waals surface area contributed by atoms with E-state index in [2.05, 4.69) is 10.0 Å². The highest BCUT2D eigenvalue weighted by atomic mass is 32.2. The fraction of sp³-hybridized carbons (Fsp3) is 0.455. The summed E-state index contributed by atoms with van der Waals surface area (Å²) in [5.41, 5.74) is 0.285. The van der Waals surface area contributed by atoms with Crippen molar-refractivity contribution in [3.05, 3.63) is 35.1 Å². The van der Waals surface area contributed by atoms with Gasteiger partial charge in [-0.15, -0.1) is 0 Å². The van der Waals surface area contributed by atoms with Crippen LogP contribution in [0.2, 0.25) is 0 Å². The van der Waals surface area contributed by atoms with Crippen molar-refractivity contribution in [3.8, 4) is 0 Å².